The van der Waals surface area contributed by atoms with Gasteiger partial charge in [0.25, 0.3) is 0 Å². The van der Waals surface area contributed by atoms with Gasteiger partial charge in [0.2, 0.25) is 11.0 Å². The third-order valence-corrected chi connectivity index (χ3v) is 6.57. The zero-order valence-electron chi connectivity index (χ0n) is 14.6. The van der Waals surface area contributed by atoms with E-state index in [0.717, 1.165) is 33.7 Å². The van der Waals surface area contributed by atoms with E-state index in [4.69, 9.17) is 0 Å². The van der Waals surface area contributed by atoms with Crippen LogP contribution in [0, 0.1) is 13.8 Å². The average molecular weight is 405 g/mol. The van der Waals surface area contributed by atoms with Gasteiger partial charge in [-0.05, 0) is 43.3 Å². The van der Waals surface area contributed by atoms with E-state index in [1.54, 1.807) is 11.3 Å². The van der Waals surface area contributed by atoms with Gasteiger partial charge in [0.05, 0.1) is 5.75 Å². The molecule has 0 bridgehead atoms. The maximum atomic E-state index is 12.1. The SMILES string of the molecule is Cc1ccc(NC(=O)CSc2nnc(NCCc3cccs3)s2)c(C)c1. The highest BCUT2D eigenvalue weighted by Gasteiger charge is 2.09. The Bertz CT molecular complexity index is 861. The molecule has 26 heavy (non-hydrogen) atoms. The van der Waals surface area contributed by atoms with Crippen LogP contribution in [0.15, 0.2) is 40.1 Å². The number of aromatic nitrogens is 2. The first-order valence-corrected chi connectivity index (χ1v) is 10.9. The van der Waals surface area contributed by atoms with Crippen LogP contribution in [0.1, 0.15) is 16.0 Å². The summed E-state index contributed by atoms with van der Waals surface area (Å²) in [5.41, 5.74) is 3.11. The van der Waals surface area contributed by atoms with Crippen LogP contribution in [-0.4, -0.2) is 28.4 Å². The number of benzene rings is 1. The van der Waals surface area contributed by atoms with Crippen LogP contribution in [0.2, 0.25) is 0 Å². The number of hydrogen-bond acceptors (Lipinski definition) is 7. The Morgan fingerprint density at radius 2 is 2.12 bits per heavy atom. The lowest BCUT2D eigenvalue weighted by atomic mass is 10.1. The second-order valence-corrected chi connectivity index (χ2v) is 9.02. The van der Waals surface area contributed by atoms with Crippen molar-refractivity contribution in [2.24, 2.45) is 0 Å². The fourth-order valence-corrected chi connectivity index (χ4v) is 4.64. The van der Waals surface area contributed by atoms with Crippen LogP contribution >= 0.6 is 34.4 Å². The minimum absolute atomic E-state index is 0.0376. The second-order valence-electron chi connectivity index (χ2n) is 5.78. The summed E-state index contributed by atoms with van der Waals surface area (Å²) in [5, 5.41) is 17.4. The van der Waals surface area contributed by atoms with Gasteiger partial charge >= 0.3 is 0 Å². The van der Waals surface area contributed by atoms with Crippen molar-refractivity contribution < 1.29 is 4.79 Å². The van der Waals surface area contributed by atoms with E-state index in [2.05, 4.69) is 44.4 Å². The summed E-state index contributed by atoms with van der Waals surface area (Å²) < 4.78 is 0.791. The van der Waals surface area contributed by atoms with E-state index < -0.39 is 0 Å². The van der Waals surface area contributed by atoms with Gasteiger partial charge in [0.15, 0.2) is 4.34 Å². The van der Waals surface area contributed by atoms with Crippen molar-refractivity contribution in [3.63, 3.8) is 0 Å². The molecule has 8 heteroatoms. The summed E-state index contributed by atoms with van der Waals surface area (Å²) in [6, 6.07) is 10.2. The first-order chi connectivity index (χ1) is 12.6. The molecule has 0 fully saturated rings. The lowest BCUT2D eigenvalue weighted by Crippen LogP contribution is -2.14. The number of nitrogens with one attached hydrogen (secondary N) is 2. The Morgan fingerprint density at radius 1 is 1.23 bits per heavy atom. The van der Waals surface area contributed by atoms with Crippen LogP contribution in [0.4, 0.5) is 10.8 Å². The van der Waals surface area contributed by atoms with E-state index in [1.165, 1.54) is 33.5 Å². The van der Waals surface area contributed by atoms with E-state index in [-0.39, 0.29) is 5.91 Å². The van der Waals surface area contributed by atoms with Crippen molar-refractivity contribution in [2.75, 3.05) is 22.9 Å². The summed E-state index contributed by atoms with van der Waals surface area (Å²) in [5.74, 6) is 0.279. The van der Waals surface area contributed by atoms with Gasteiger partial charge < -0.3 is 10.6 Å². The number of thiophene rings is 1. The Hall–Kier alpha value is -1.90. The van der Waals surface area contributed by atoms with Gasteiger partial charge in [-0.1, -0.05) is 46.9 Å². The average Bonchev–Trinajstić information content (AvgIpc) is 3.28. The van der Waals surface area contributed by atoms with Crippen LogP contribution in [0.3, 0.4) is 0 Å². The first-order valence-electron chi connectivity index (χ1n) is 8.20. The third kappa shape index (κ3) is 5.55. The van der Waals surface area contributed by atoms with Gasteiger partial charge in [-0.3, -0.25) is 4.79 Å². The van der Waals surface area contributed by atoms with Crippen LogP contribution < -0.4 is 10.6 Å². The van der Waals surface area contributed by atoms with E-state index in [0.29, 0.717) is 5.75 Å². The number of rotatable bonds is 8. The normalized spacial score (nSPS) is 10.7. The number of thioether (sulfide) groups is 1. The molecule has 0 atom stereocenters. The molecule has 0 aliphatic heterocycles. The molecular formula is C18H20N4OS3. The molecule has 0 aliphatic carbocycles. The molecule has 5 nitrogen and oxygen atoms in total. The molecule has 0 unspecified atom stereocenters. The first kappa shape index (κ1) is 18.9. The number of carbonyl (C=O) groups excluding carboxylic acids is 1. The van der Waals surface area contributed by atoms with Crippen molar-refractivity contribution in [2.45, 2.75) is 24.6 Å². The highest BCUT2D eigenvalue weighted by Crippen LogP contribution is 2.26. The highest BCUT2D eigenvalue weighted by atomic mass is 32.2. The van der Waals surface area contributed by atoms with Crippen molar-refractivity contribution in [3.8, 4) is 0 Å². The minimum Gasteiger partial charge on any atom is -0.360 e. The molecule has 0 saturated carbocycles. The summed E-state index contributed by atoms with van der Waals surface area (Å²) >= 11 is 4.64. The zero-order valence-corrected chi connectivity index (χ0v) is 17.1. The molecule has 0 saturated heterocycles. The summed E-state index contributed by atoms with van der Waals surface area (Å²) in [4.78, 5) is 13.5. The predicted octanol–water partition coefficient (Wildman–Crippen LogP) is 4.60. The Kier molecular flexibility index (Phi) is 6.65. The van der Waals surface area contributed by atoms with Gasteiger partial charge in [0, 0.05) is 17.1 Å². The molecule has 2 aromatic heterocycles. The molecule has 0 spiro atoms. The maximum Gasteiger partial charge on any atom is 0.234 e. The Labute approximate surface area is 165 Å². The Balaban J connectivity index is 1.43. The molecule has 1 amide bonds. The predicted molar refractivity (Wildman–Crippen MR) is 112 cm³/mol. The maximum absolute atomic E-state index is 12.1. The fraction of sp³-hybridized carbons (Fsp3) is 0.278. The number of aryl methyl sites for hydroxylation is 2. The minimum atomic E-state index is -0.0376. The number of anilines is 2. The monoisotopic (exact) mass is 404 g/mol. The lowest BCUT2D eigenvalue weighted by molar-refractivity contribution is -0.113. The van der Waals surface area contributed by atoms with Crippen molar-refractivity contribution in [1.82, 2.24) is 10.2 Å². The summed E-state index contributed by atoms with van der Waals surface area (Å²) in [7, 11) is 0. The molecule has 3 rings (SSSR count). The molecule has 0 aliphatic rings. The smallest absolute Gasteiger partial charge is 0.234 e. The van der Waals surface area contributed by atoms with E-state index in [1.807, 2.05) is 26.0 Å². The highest BCUT2D eigenvalue weighted by molar-refractivity contribution is 8.01. The number of nitrogens with zero attached hydrogens (tertiary/aromatic N) is 2. The van der Waals surface area contributed by atoms with Crippen LogP contribution in [0.5, 0.6) is 0 Å². The van der Waals surface area contributed by atoms with E-state index >= 15 is 0 Å². The topological polar surface area (TPSA) is 66.9 Å². The number of amides is 1. The molecule has 2 N–H and O–H groups in total. The molecular weight excluding hydrogens is 384 g/mol. The van der Waals surface area contributed by atoms with Gasteiger partial charge in [-0.25, -0.2) is 0 Å². The molecule has 0 radical (unpaired) electrons. The van der Waals surface area contributed by atoms with Gasteiger partial charge in [-0.15, -0.1) is 21.5 Å². The molecule has 1 aromatic carbocycles. The van der Waals surface area contributed by atoms with Gasteiger partial charge in [-0.2, -0.15) is 0 Å². The van der Waals surface area contributed by atoms with Crippen molar-refractivity contribution >= 4 is 51.2 Å². The summed E-state index contributed by atoms with van der Waals surface area (Å²) in [6.07, 6.45) is 0.970. The van der Waals surface area contributed by atoms with Crippen molar-refractivity contribution in [3.05, 3.63) is 51.7 Å². The number of carbonyl (C=O) groups is 1. The van der Waals surface area contributed by atoms with Crippen LogP contribution in [-0.2, 0) is 11.2 Å². The largest absolute Gasteiger partial charge is 0.360 e. The van der Waals surface area contributed by atoms with E-state index in [9.17, 15) is 4.79 Å². The molecule has 136 valence electrons. The molecule has 2 heterocycles. The second kappa shape index (κ2) is 9.16. The van der Waals surface area contributed by atoms with Gasteiger partial charge in [0.1, 0.15) is 0 Å². The lowest BCUT2D eigenvalue weighted by Gasteiger charge is -2.08. The number of hydrogen-bond donors (Lipinski definition) is 2. The van der Waals surface area contributed by atoms with Crippen LogP contribution in [0.25, 0.3) is 0 Å². The quantitative estimate of drug-likeness (QED) is 0.537. The summed E-state index contributed by atoms with van der Waals surface area (Å²) in [6.45, 7) is 4.86. The van der Waals surface area contributed by atoms with Crippen molar-refractivity contribution in [1.29, 1.82) is 0 Å². The molecule has 3 aromatic rings. The third-order valence-electron chi connectivity index (χ3n) is 3.62. The Morgan fingerprint density at radius 3 is 2.88 bits per heavy atom. The standard InChI is InChI=1S/C18H20N4OS3/c1-12-5-6-15(13(2)10-12)20-16(23)11-25-18-22-21-17(26-18)19-8-7-14-4-3-9-24-14/h3-6,9-10H,7-8,11H2,1-2H3,(H,19,21)(H,20,23). The zero-order chi connectivity index (χ0) is 18.4. The fourth-order valence-electron chi connectivity index (χ4n) is 2.35.